The molecule has 2 aromatic heterocycles. The van der Waals surface area contributed by atoms with Crippen LogP contribution in [0.4, 0.5) is 0 Å². The maximum Gasteiger partial charge on any atom is 0.329 e. The van der Waals surface area contributed by atoms with Crippen LogP contribution in [0.1, 0.15) is 23.7 Å². The topological polar surface area (TPSA) is 90.1 Å². The molecule has 0 spiro atoms. The van der Waals surface area contributed by atoms with Gasteiger partial charge in [-0.1, -0.05) is 37.3 Å². The van der Waals surface area contributed by atoms with Gasteiger partial charge in [-0.15, -0.1) is 0 Å². The number of para-hydroxylation sites is 3. The lowest BCUT2D eigenvalue weighted by molar-refractivity contribution is -0.122. The van der Waals surface area contributed by atoms with Crippen molar-refractivity contribution in [3.63, 3.8) is 0 Å². The molecule has 0 aliphatic carbocycles. The lowest BCUT2D eigenvalue weighted by Crippen LogP contribution is -2.44. The van der Waals surface area contributed by atoms with Gasteiger partial charge >= 0.3 is 5.69 Å². The Morgan fingerprint density at radius 3 is 2.23 bits per heavy atom. The SMILES string of the molecule is CCCn1c(=O)n(CC(=O)NNC(=O)c2cn(C)c3ccccc23)c2ccccc21. The van der Waals surface area contributed by atoms with Crippen LogP contribution in [0, 0.1) is 0 Å². The molecule has 0 aliphatic heterocycles. The highest BCUT2D eigenvalue weighted by molar-refractivity contribution is 6.07. The third-order valence-electron chi connectivity index (χ3n) is 5.13. The Kier molecular flexibility index (Phi) is 5.14. The summed E-state index contributed by atoms with van der Waals surface area (Å²) in [4.78, 5) is 37.8. The molecule has 2 aromatic carbocycles. The van der Waals surface area contributed by atoms with Crippen molar-refractivity contribution in [1.82, 2.24) is 24.6 Å². The van der Waals surface area contributed by atoms with Gasteiger partial charge in [0.15, 0.2) is 0 Å². The average Bonchev–Trinajstić information content (AvgIpc) is 3.23. The van der Waals surface area contributed by atoms with E-state index >= 15 is 0 Å². The summed E-state index contributed by atoms with van der Waals surface area (Å²) in [6, 6.07) is 14.9. The van der Waals surface area contributed by atoms with Gasteiger partial charge in [-0.05, 0) is 24.6 Å². The molecule has 2 heterocycles. The summed E-state index contributed by atoms with van der Waals surface area (Å²) in [5.74, 6) is -0.897. The minimum Gasteiger partial charge on any atom is -0.350 e. The summed E-state index contributed by atoms with van der Waals surface area (Å²) in [5.41, 5.74) is 7.49. The maximum absolute atomic E-state index is 12.8. The highest BCUT2D eigenvalue weighted by Gasteiger charge is 2.17. The number of aryl methyl sites for hydroxylation is 2. The molecular formula is C22H23N5O3. The van der Waals surface area contributed by atoms with Crippen LogP contribution in [-0.4, -0.2) is 25.5 Å². The number of benzene rings is 2. The molecule has 30 heavy (non-hydrogen) atoms. The predicted octanol–water partition coefficient (Wildman–Crippen LogP) is 2.17. The summed E-state index contributed by atoms with van der Waals surface area (Å²) in [6.45, 7) is 2.38. The van der Waals surface area contributed by atoms with E-state index in [9.17, 15) is 14.4 Å². The molecule has 8 heteroatoms. The van der Waals surface area contributed by atoms with Gasteiger partial charge in [0, 0.05) is 30.7 Å². The Hall–Kier alpha value is -3.81. The van der Waals surface area contributed by atoms with Gasteiger partial charge in [0.05, 0.1) is 16.6 Å². The molecule has 2 amide bonds. The molecule has 4 aromatic rings. The van der Waals surface area contributed by atoms with Crippen molar-refractivity contribution in [2.24, 2.45) is 7.05 Å². The molecule has 0 fully saturated rings. The zero-order chi connectivity index (χ0) is 21.3. The smallest absolute Gasteiger partial charge is 0.329 e. The fraction of sp³-hybridized carbons (Fsp3) is 0.227. The van der Waals surface area contributed by atoms with E-state index in [1.54, 1.807) is 10.8 Å². The van der Waals surface area contributed by atoms with Crippen LogP contribution in [0.2, 0.25) is 0 Å². The first-order chi connectivity index (χ1) is 14.5. The number of nitrogens with zero attached hydrogens (tertiary/aromatic N) is 3. The van der Waals surface area contributed by atoms with Crippen molar-refractivity contribution in [1.29, 1.82) is 0 Å². The van der Waals surface area contributed by atoms with Crippen LogP contribution >= 0.6 is 0 Å². The summed E-state index contributed by atoms with van der Waals surface area (Å²) in [7, 11) is 1.86. The number of carbonyl (C=O) groups excluding carboxylic acids is 2. The molecule has 0 saturated carbocycles. The van der Waals surface area contributed by atoms with E-state index in [0.29, 0.717) is 17.6 Å². The summed E-state index contributed by atoms with van der Waals surface area (Å²) >= 11 is 0. The van der Waals surface area contributed by atoms with Gasteiger partial charge in [-0.2, -0.15) is 0 Å². The fourth-order valence-electron chi connectivity index (χ4n) is 3.76. The standard InChI is InChI=1S/C22H23N5O3/c1-3-12-26-18-10-6-7-11-19(18)27(22(26)30)14-20(28)23-24-21(29)16-13-25(2)17-9-5-4-8-15(16)17/h4-11,13H,3,12,14H2,1-2H3,(H,23,28)(H,24,29). The molecule has 0 radical (unpaired) electrons. The molecule has 154 valence electrons. The zero-order valence-electron chi connectivity index (χ0n) is 16.9. The van der Waals surface area contributed by atoms with Gasteiger partial charge in [-0.3, -0.25) is 29.6 Å². The Labute approximate surface area is 172 Å². The van der Waals surface area contributed by atoms with Gasteiger partial charge in [0.25, 0.3) is 11.8 Å². The Morgan fingerprint density at radius 1 is 0.900 bits per heavy atom. The monoisotopic (exact) mass is 405 g/mol. The predicted molar refractivity (Wildman–Crippen MR) is 115 cm³/mol. The fourth-order valence-corrected chi connectivity index (χ4v) is 3.76. The van der Waals surface area contributed by atoms with Crippen molar-refractivity contribution in [3.05, 3.63) is 70.8 Å². The van der Waals surface area contributed by atoms with E-state index in [2.05, 4.69) is 10.9 Å². The first-order valence-corrected chi connectivity index (χ1v) is 9.82. The van der Waals surface area contributed by atoms with Crippen LogP contribution in [0.5, 0.6) is 0 Å². The van der Waals surface area contributed by atoms with E-state index in [0.717, 1.165) is 22.8 Å². The van der Waals surface area contributed by atoms with Crippen LogP contribution < -0.4 is 16.5 Å². The number of hydrazine groups is 1. The largest absolute Gasteiger partial charge is 0.350 e. The van der Waals surface area contributed by atoms with Crippen LogP contribution in [0.25, 0.3) is 21.9 Å². The molecule has 0 bridgehead atoms. The summed E-state index contributed by atoms with van der Waals surface area (Å²) in [5, 5.41) is 0.797. The summed E-state index contributed by atoms with van der Waals surface area (Å²) in [6.07, 6.45) is 2.52. The van der Waals surface area contributed by atoms with E-state index in [-0.39, 0.29) is 12.2 Å². The second-order valence-electron chi connectivity index (χ2n) is 7.18. The number of fused-ring (bicyclic) bond motifs is 2. The second kappa shape index (κ2) is 7.90. The van der Waals surface area contributed by atoms with Crippen molar-refractivity contribution in [2.45, 2.75) is 26.4 Å². The first-order valence-electron chi connectivity index (χ1n) is 9.82. The van der Waals surface area contributed by atoms with E-state index in [4.69, 9.17) is 0 Å². The number of nitrogens with one attached hydrogen (secondary N) is 2. The summed E-state index contributed by atoms with van der Waals surface area (Å²) < 4.78 is 4.94. The number of imidazole rings is 1. The highest BCUT2D eigenvalue weighted by atomic mass is 16.2. The van der Waals surface area contributed by atoms with E-state index in [1.807, 2.05) is 67.1 Å². The lowest BCUT2D eigenvalue weighted by atomic mass is 10.2. The number of carbonyl (C=O) groups is 2. The van der Waals surface area contributed by atoms with Crippen molar-refractivity contribution < 1.29 is 9.59 Å². The number of hydrogen-bond donors (Lipinski definition) is 2. The number of aromatic nitrogens is 3. The normalized spacial score (nSPS) is 11.1. The van der Waals surface area contributed by atoms with Crippen molar-refractivity contribution >= 4 is 33.8 Å². The molecular weight excluding hydrogens is 382 g/mol. The van der Waals surface area contributed by atoms with Crippen LogP contribution in [-0.2, 0) is 24.9 Å². The molecule has 0 saturated heterocycles. The van der Waals surface area contributed by atoms with Gasteiger partial charge < -0.3 is 4.57 Å². The Balaban J connectivity index is 1.51. The minimum absolute atomic E-state index is 0.189. The molecule has 0 atom stereocenters. The molecule has 0 unspecified atom stereocenters. The van der Waals surface area contributed by atoms with Gasteiger partial charge in [0.2, 0.25) is 0 Å². The van der Waals surface area contributed by atoms with Crippen molar-refractivity contribution in [3.8, 4) is 0 Å². The zero-order valence-corrected chi connectivity index (χ0v) is 16.9. The molecule has 0 aliphatic rings. The second-order valence-corrected chi connectivity index (χ2v) is 7.18. The molecule has 2 N–H and O–H groups in total. The Bertz CT molecular complexity index is 1310. The van der Waals surface area contributed by atoms with Crippen LogP contribution in [0.15, 0.2) is 59.5 Å². The maximum atomic E-state index is 12.8. The third-order valence-corrected chi connectivity index (χ3v) is 5.13. The van der Waals surface area contributed by atoms with E-state index < -0.39 is 11.8 Å². The number of rotatable bonds is 5. The van der Waals surface area contributed by atoms with Gasteiger partial charge in [-0.25, -0.2) is 4.79 Å². The number of hydrogen-bond acceptors (Lipinski definition) is 3. The van der Waals surface area contributed by atoms with Crippen LogP contribution in [0.3, 0.4) is 0 Å². The van der Waals surface area contributed by atoms with E-state index in [1.165, 1.54) is 4.57 Å². The minimum atomic E-state index is -0.481. The molecule has 8 nitrogen and oxygen atoms in total. The first kappa shape index (κ1) is 19.5. The number of amides is 2. The van der Waals surface area contributed by atoms with Crippen molar-refractivity contribution in [2.75, 3.05) is 0 Å². The third kappa shape index (κ3) is 3.36. The quantitative estimate of drug-likeness (QED) is 0.499. The lowest BCUT2D eigenvalue weighted by Gasteiger charge is -2.07. The average molecular weight is 405 g/mol. The van der Waals surface area contributed by atoms with Gasteiger partial charge in [0.1, 0.15) is 6.54 Å². The Morgan fingerprint density at radius 2 is 1.53 bits per heavy atom. The molecule has 4 rings (SSSR count). The highest BCUT2D eigenvalue weighted by Crippen LogP contribution is 2.20.